The van der Waals surface area contributed by atoms with Crippen molar-refractivity contribution in [3.05, 3.63) is 34.4 Å². The highest BCUT2D eigenvalue weighted by molar-refractivity contribution is 6.29. The van der Waals surface area contributed by atoms with E-state index in [2.05, 4.69) is 0 Å². The minimum atomic E-state index is -0.775. The predicted molar refractivity (Wildman–Crippen MR) is 48.7 cm³/mol. The van der Waals surface area contributed by atoms with Crippen LogP contribution in [0.3, 0.4) is 0 Å². The molecule has 0 amide bonds. The van der Waals surface area contributed by atoms with Gasteiger partial charge in [-0.15, -0.1) is 0 Å². The second kappa shape index (κ2) is 5.65. The van der Waals surface area contributed by atoms with Gasteiger partial charge in [-0.2, -0.15) is 0 Å². The molecule has 0 bridgehead atoms. The third-order valence-corrected chi connectivity index (χ3v) is 1.44. The predicted octanol–water partition coefficient (Wildman–Crippen LogP) is 3.42. The van der Waals surface area contributed by atoms with Gasteiger partial charge >= 0.3 is 0 Å². The van der Waals surface area contributed by atoms with Gasteiger partial charge < -0.3 is 0 Å². The smallest absolute Gasteiger partial charge is 0.148 e. The number of carbonyl (C=O) groups is 1. The number of rotatable bonds is 3. The molecule has 0 aromatic rings. The van der Waals surface area contributed by atoms with E-state index in [9.17, 15) is 13.6 Å². The fraction of sp³-hybridized carbons (Fsp3) is 0.222. The summed E-state index contributed by atoms with van der Waals surface area (Å²) in [6.45, 7) is 2.64. The van der Waals surface area contributed by atoms with Crippen LogP contribution < -0.4 is 0 Å². The molecule has 0 heterocycles. The molecule has 0 aliphatic heterocycles. The molecular formula is C9H9ClF2O. The van der Waals surface area contributed by atoms with Crippen LogP contribution in [-0.4, -0.2) is 6.29 Å². The lowest BCUT2D eigenvalue weighted by molar-refractivity contribution is -0.104. The number of aldehydes is 1. The molecule has 0 unspecified atom stereocenters. The number of carbonyl (C=O) groups excluding carboxylic acids is 1. The van der Waals surface area contributed by atoms with Gasteiger partial charge in [-0.05, 0) is 26.0 Å². The van der Waals surface area contributed by atoms with Crippen LogP contribution in [0.4, 0.5) is 8.78 Å². The average Bonchev–Trinajstić information content (AvgIpc) is 2.11. The van der Waals surface area contributed by atoms with Crippen molar-refractivity contribution in [2.24, 2.45) is 0 Å². The van der Waals surface area contributed by atoms with Crippen LogP contribution in [0.25, 0.3) is 0 Å². The maximum atomic E-state index is 12.7. The van der Waals surface area contributed by atoms with Crippen molar-refractivity contribution in [2.75, 3.05) is 0 Å². The number of allylic oxidation sites excluding steroid dienone is 6. The van der Waals surface area contributed by atoms with Crippen LogP contribution in [0.5, 0.6) is 0 Å². The van der Waals surface area contributed by atoms with E-state index in [4.69, 9.17) is 11.6 Å². The van der Waals surface area contributed by atoms with Crippen LogP contribution >= 0.6 is 11.6 Å². The van der Waals surface area contributed by atoms with Gasteiger partial charge in [0.15, 0.2) is 0 Å². The second-order valence-corrected chi connectivity index (χ2v) is 2.93. The Balaban J connectivity index is 4.64. The summed E-state index contributed by atoms with van der Waals surface area (Å²) in [5.41, 5.74) is -0.0868. The van der Waals surface area contributed by atoms with Crippen molar-refractivity contribution in [2.45, 2.75) is 13.8 Å². The van der Waals surface area contributed by atoms with Gasteiger partial charge in [0.2, 0.25) is 0 Å². The van der Waals surface area contributed by atoms with Crippen molar-refractivity contribution in [3.8, 4) is 0 Å². The van der Waals surface area contributed by atoms with Crippen molar-refractivity contribution < 1.29 is 13.6 Å². The minimum Gasteiger partial charge on any atom is -0.298 e. The molecule has 0 aromatic carbocycles. The summed E-state index contributed by atoms with van der Waals surface area (Å²) >= 11 is 5.27. The zero-order chi connectivity index (χ0) is 10.4. The Morgan fingerprint density at radius 1 is 1.15 bits per heavy atom. The molecule has 0 aromatic heterocycles. The van der Waals surface area contributed by atoms with Gasteiger partial charge in [-0.3, -0.25) is 4.79 Å². The lowest BCUT2D eigenvalue weighted by Gasteiger charge is -1.90. The Bertz CT molecular complexity index is 286. The molecule has 0 spiro atoms. The first-order chi connectivity index (χ1) is 5.99. The van der Waals surface area contributed by atoms with Gasteiger partial charge in [0.05, 0.1) is 5.03 Å². The molecule has 13 heavy (non-hydrogen) atoms. The van der Waals surface area contributed by atoms with Crippen molar-refractivity contribution in [3.63, 3.8) is 0 Å². The van der Waals surface area contributed by atoms with E-state index in [1.54, 1.807) is 0 Å². The first-order valence-electron chi connectivity index (χ1n) is 3.50. The zero-order valence-electron chi connectivity index (χ0n) is 7.27. The maximum Gasteiger partial charge on any atom is 0.148 e. The first kappa shape index (κ1) is 12.0. The SMILES string of the molecule is C\C(Cl)=C(F)/C=C\C(F)=C(/C)C=O. The topological polar surface area (TPSA) is 17.1 Å². The maximum absolute atomic E-state index is 12.7. The molecule has 0 aliphatic rings. The van der Waals surface area contributed by atoms with Crippen molar-refractivity contribution in [1.82, 2.24) is 0 Å². The molecule has 4 heteroatoms. The molecule has 0 rings (SSSR count). The highest BCUT2D eigenvalue weighted by Crippen LogP contribution is 2.13. The summed E-state index contributed by atoms with van der Waals surface area (Å²) in [4.78, 5) is 10.1. The lowest BCUT2D eigenvalue weighted by atomic mass is 10.2. The van der Waals surface area contributed by atoms with Gasteiger partial charge in [0.25, 0.3) is 0 Å². The van der Waals surface area contributed by atoms with Crippen LogP contribution in [0.2, 0.25) is 0 Å². The Labute approximate surface area is 80.4 Å². The highest BCUT2D eigenvalue weighted by atomic mass is 35.5. The molecule has 0 saturated heterocycles. The Kier molecular flexibility index (Phi) is 5.23. The second-order valence-electron chi connectivity index (χ2n) is 2.36. The van der Waals surface area contributed by atoms with E-state index in [-0.39, 0.29) is 10.6 Å². The quantitative estimate of drug-likeness (QED) is 0.393. The number of hydrogen-bond acceptors (Lipinski definition) is 1. The fourth-order valence-electron chi connectivity index (χ4n) is 0.449. The van der Waals surface area contributed by atoms with Crippen LogP contribution in [0.15, 0.2) is 34.4 Å². The van der Waals surface area contributed by atoms with Crippen molar-refractivity contribution in [1.29, 1.82) is 0 Å². The summed E-state index contributed by atoms with van der Waals surface area (Å²) in [6.07, 6.45) is 2.07. The molecular weight excluding hydrogens is 198 g/mol. The Hall–Kier alpha value is -0.960. The van der Waals surface area contributed by atoms with Crippen molar-refractivity contribution >= 4 is 17.9 Å². The third-order valence-electron chi connectivity index (χ3n) is 1.26. The summed E-state index contributed by atoms with van der Waals surface area (Å²) in [6, 6.07) is 0. The first-order valence-corrected chi connectivity index (χ1v) is 3.88. The van der Waals surface area contributed by atoms with E-state index in [0.717, 1.165) is 12.2 Å². The molecule has 0 aliphatic carbocycles. The molecule has 72 valence electrons. The fourth-order valence-corrected chi connectivity index (χ4v) is 0.512. The molecule has 1 nitrogen and oxygen atoms in total. The Morgan fingerprint density at radius 3 is 2.00 bits per heavy atom. The standard InChI is InChI=1S/C9H9ClF2O/c1-6(5-13)8(11)3-4-9(12)7(2)10/h3-5H,1-2H3/b4-3-,8-6-,9-7-. The zero-order valence-corrected chi connectivity index (χ0v) is 8.03. The van der Waals surface area contributed by atoms with E-state index < -0.39 is 11.7 Å². The molecule has 0 atom stereocenters. The number of halogens is 3. The van der Waals surface area contributed by atoms with Crippen LogP contribution in [0.1, 0.15) is 13.8 Å². The van der Waals surface area contributed by atoms with Gasteiger partial charge in [-0.1, -0.05) is 11.6 Å². The molecule has 0 fully saturated rings. The summed E-state index contributed by atoms with van der Waals surface area (Å²) < 4.78 is 25.4. The summed E-state index contributed by atoms with van der Waals surface area (Å²) in [5, 5.41) is -0.0622. The van der Waals surface area contributed by atoms with Crippen LogP contribution in [0, 0.1) is 0 Å². The van der Waals surface area contributed by atoms with Gasteiger partial charge in [0, 0.05) is 5.57 Å². The minimum absolute atomic E-state index is 0.0622. The largest absolute Gasteiger partial charge is 0.298 e. The monoisotopic (exact) mass is 206 g/mol. The van der Waals surface area contributed by atoms with E-state index in [1.807, 2.05) is 0 Å². The highest BCUT2D eigenvalue weighted by Gasteiger charge is 1.97. The summed E-state index contributed by atoms with van der Waals surface area (Å²) in [7, 11) is 0. The Morgan fingerprint density at radius 2 is 1.62 bits per heavy atom. The molecule has 0 N–H and O–H groups in total. The summed E-state index contributed by atoms with van der Waals surface area (Å²) in [5.74, 6) is -1.50. The average molecular weight is 207 g/mol. The van der Waals surface area contributed by atoms with Gasteiger partial charge in [-0.25, -0.2) is 8.78 Å². The molecule has 0 saturated carbocycles. The van der Waals surface area contributed by atoms with E-state index >= 15 is 0 Å². The lowest BCUT2D eigenvalue weighted by Crippen LogP contribution is -1.80. The molecule has 0 radical (unpaired) electrons. The third kappa shape index (κ3) is 4.58. The van der Waals surface area contributed by atoms with Gasteiger partial charge in [0.1, 0.15) is 17.9 Å². The normalized spacial score (nSPS) is 15.5. The van der Waals surface area contributed by atoms with E-state index in [1.165, 1.54) is 13.8 Å². The van der Waals surface area contributed by atoms with Crippen LogP contribution in [-0.2, 0) is 4.79 Å². The number of hydrogen-bond donors (Lipinski definition) is 0. The van der Waals surface area contributed by atoms with E-state index in [0.29, 0.717) is 6.29 Å².